The Morgan fingerprint density at radius 3 is 2.83 bits per heavy atom. The second-order valence-electron chi connectivity index (χ2n) is 7.46. The minimum atomic E-state index is -0.112. The van der Waals surface area contributed by atoms with E-state index in [1.54, 1.807) is 0 Å². The Kier molecular flexibility index (Phi) is 5.48. The first kappa shape index (κ1) is 19.2. The van der Waals surface area contributed by atoms with E-state index in [-0.39, 0.29) is 5.91 Å². The highest BCUT2D eigenvalue weighted by molar-refractivity contribution is 7.96. The number of nitrogens with zero attached hydrogens (tertiary/aromatic N) is 1. The quantitative estimate of drug-likeness (QED) is 0.485. The summed E-state index contributed by atoms with van der Waals surface area (Å²) >= 11 is 1.23. The zero-order valence-electron chi connectivity index (χ0n) is 16.6. The van der Waals surface area contributed by atoms with Gasteiger partial charge in [0.1, 0.15) is 11.5 Å². The molecule has 154 valence electrons. The van der Waals surface area contributed by atoms with Gasteiger partial charge in [-0.2, -0.15) is 0 Å². The standard InChI is InChI=1S/C23H24N4O2S/c28-23-18-15-27-19-8-3-1-6-16(19)14-20(27)17-7-2-4-9-21(17)29-22(18)10-5-11-24-12-13-25-30-26-23/h1-4,6-9,14,24-25H,5,10-13,15H2,(H,26,28)/b22-18+. The van der Waals surface area contributed by atoms with Crippen molar-refractivity contribution in [1.82, 2.24) is 19.3 Å². The normalized spacial score (nSPS) is 20.3. The van der Waals surface area contributed by atoms with Crippen molar-refractivity contribution < 1.29 is 9.53 Å². The summed E-state index contributed by atoms with van der Waals surface area (Å²) in [7, 11) is 0. The Hall–Kier alpha value is -2.74. The van der Waals surface area contributed by atoms with Gasteiger partial charge >= 0.3 is 0 Å². The van der Waals surface area contributed by atoms with Crippen LogP contribution in [0, 0.1) is 0 Å². The van der Waals surface area contributed by atoms with E-state index in [0.29, 0.717) is 18.5 Å². The van der Waals surface area contributed by atoms with Crippen LogP contribution in [0.4, 0.5) is 0 Å². The number of amides is 1. The van der Waals surface area contributed by atoms with E-state index in [1.165, 1.54) is 12.1 Å². The van der Waals surface area contributed by atoms with Crippen LogP contribution in [0.2, 0.25) is 0 Å². The van der Waals surface area contributed by atoms with Gasteiger partial charge < -0.3 is 14.6 Å². The first-order valence-electron chi connectivity index (χ1n) is 10.3. The van der Waals surface area contributed by atoms with Crippen LogP contribution in [0.15, 0.2) is 65.9 Å². The van der Waals surface area contributed by atoms with Gasteiger partial charge in [-0.25, -0.2) is 4.72 Å². The smallest absolute Gasteiger partial charge is 0.263 e. The largest absolute Gasteiger partial charge is 0.460 e. The molecule has 1 aromatic heterocycles. The molecular formula is C23H24N4O2S. The Labute approximate surface area is 179 Å². The molecule has 2 aliphatic rings. The van der Waals surface area contributed by atoms with Crippen molar-refractivity contribution >= 4 is 28.9 Å². The van der Waals surface area contributed by atoms with Gasteiger partial charge in [0, 0.05) is 48.1 Å². The van der Waals surface area contributed by atoms with E-state index in [1.807, 2.05) is 30.3 Å². The molecule has 3 aromatic rings. The molecule has 0 spiro atoms. The van der Waals surface area contributed by atoms with E-state index < -0.39 is 0 Å². The van der Waals surface area contributed by atoms with Gasteiger partial charge in [0.15, 0.2) is 0 Å². The minimum Gasteiger partial charge on any atom is -0.460 e. The fraction of sp³-hybridized carbons (Fsp3) is 0.261. The van der Waals surface area contributed by atoms with Gasteiger partial charge in [-0.05, 0) is 37.2 Å². The molecule has 3 N–H and O–H groups in total. The highest BCUT2D eigenvalue weighted by Gasteiger charge is 2.25. The maximum absolute atomic E-state index is 13.2. The summed E-state index contributed by atoms with van der Waals surface area (Å²) in [6.07, 6.45) is 1.61. The number of ether oxygens (including phenoxy) is 1. The number of carbonyl (C=O) groups excluding carboxylic acids is 1. The summed E-state index contributed by atoms with van der Waals surface area (Å²) in [5.41, 5.74) is 3.88. The number of allylic oxidation sites excluding steroid dienone is 1. The van der Waals surface area contributed by atoms with Gasteiger partial charge in [-0.1, -0.05) is 30.3 Å². The number of fused-ring (bicyclic) bond motifs is 5. The average molecular weight is 421 g/mol. The number of aromatic nitrogens is 1. The van der Waals surface area contributed by atoms with Crippen LogP contribution in [-0.2, 0) is 11.3 Å². The maximum Gasteiger partial charge on any atom is 0.263 e. The van der Waals surface area contributed by atoms with Crippen molar-refractivity contribution in [2.45, 2.75) is 19.4 Å². The van der Waals surface area contributed by atoms with Crippen LogP contribution in [-0.4, -0.2) is 30.1 Å². The Morgan fingerprint density at radius 2 is 1.87 bits per heavy atom. The first-order chi connectivity index (χ1) is 14.8. The van der Waals surface area contributed by atoms with Gasteiger partial charge in [0.25, 0.3) is 5.91 Å². The predicted molar refractivity (Wildman–Crippen MR) is 121 cm³/mol. The summed E-state index contributed by atoms with van der Waals surface area (Å²) < 4.78 is 14.7. The summed E-state index contributed by atoms with van der Waals surface area (Å²) in [6.45, 7) is 2.99. The summed E-state index contributed by atoms with van der Waals surface area (Å²) in [5, 5.41) is 4.57. The van der Waals surface area contributed by atoms with Crippen LogP contribution in [0.5, 0.6) is 5.75 Å². The number of hydrogen-bond donors (Lipinski definition) is 3. The Morgan fingerprint density at radius 1 is 1.00 bits per heavy atom. The average Bonchev–Trinajstić information content (AvgIpc) is 3.11. The minimum absolute atomic E-state index is 0.112. The van der Waals surface area contributed by atoms with Gasteiger partial charge in [-0.3, -0.25) is 9.52 Å². The van der Waals surface area contributed by atoms with E-state index in [9.17, 15) is 4.79 Å². The zero-order chi connectivity index (χ0) is 20.3. The number of para-hydroxylation sites is 2. The molecule has 2 aliphatic heterocycles. The number of hydrogen-bond acceptors (Lipinski definition) is 5. The van der Waals surface area contributed by atoms with Crippen molar-refractivity contribution in [3.8, 4) is 17.0 Å². The SMILES string of the molecule is O=C1NSNCCNCCC/C2=C\1Cn1c(cc3ccccc31)-c1ccccc1O2. The monoisotopic (exact) mass is 420 g/mol. The van der Waals surface area contributed by atoms with Crippen molar-refractivity contribution in [2.75, 3.05) is 19.6 Å². The number of benzene rings is 2. The molecule has 7 heteroatoms. The van der Waals surface area contributed by atoms with Crippen LogP contribution >= 0.6 is 12.1 Å². The molecule has 6 nitrogen and oxygen atoms in total. The molecular weight excluding hydrogens is 396 g/mol. The van der Waals surface area contributed by atoms with Crippen molar-refractivity contribution in [1.29, 1.82) is 0 Å². The first-order valence-corrected chi connectivity index (χ1v) is 11.1. The molecule has 0 radical (unpaired) electrons. The van der Waals surface area contributed by atoms with E-state index >= 15 is 0 Å². The molecule has 0 fully saturated rings. The van der Waals surface area contributed by atoms with Crippen LogP contribution in [0.25, 0.3) is 22.2 Å². The van der Waals surface area contributed by atoms with Gasteiger partial charge in [0.05, 0.1) is 17.8 Å². The summed E-state index contributed by atoms with van der Waals surface area (Å²) in [6, 6.07) is 18.6. The highest BCUT2D eigenvalue weighted by Crippen LogP contribution is 2.38. The van der Waals surface area contributed by atoms with Crippen molar-refractivity contribution in [3.05, 3.63) is 65.9 Å². The Balaban J connectivity index is 1.67. The molecule has 0 saturated heterocycles. The summed E-state index contributed by atoms with van der Waals surface area (Å²) in [4.78, 5) is 13.2. The molecule has 1 amide bonds. The van der Waals surface area contributed by atoms with E-state index in [2.05, 4.69) is 43.6 Å². The van der Waals surface area contributed by atoms with E-state index in [0.717, 1.165) is 59.7 Å². The topological polar surface area (TPSA) is 67.3 Å². The zero-order valence-corrected chi connectivity index (χ0v) is 17.4. The van der Waals surface area contributed by atoms with Crippen LogP contribution < -0.4 is 19.5 Å². The van der Waals surface area contributed by atoms with Crippen LogP contribution in [0.1, 0.15) is 12.8 Å². The molecule has 0 aliphatic carbocycles. The Bertz CT molecular complexity index is 1120. The fourth-order valence-corrected chi connectivity index (χ4v) is 4.54. The van der Waals surface area contributed by atoms with Gasteiger partial charge in [0.2, 0.25) is 0 Å². The molecule has 0 saturated carbocycles. The number of carbonyl (C=O) groups is 1. The third kappa shape index (κ3) is 3.71. The number of nitrogens with one attached hydrogen (secondary N) is 3. The third-order valence-electron chi connectivity index (χ3n) is 5.51. The van der Waals surface area contributed by atoms with E-state index in [4.69, 9.17) is 4.74 Å². The predicted octanol–water partition coefficient (Wildman–Crippen LogP) is 3.61. The highest BCUT2D eigenvalue weighted by atomic mass is 32.2. The molecule has 3 heterocycles. The second-order valence-corrected chi connectivity index (χ2v) is 8.15. The summed E-state index contributed by atoms with van der Waals surface area (Å²) in [5.74, 6) is 1.41. The van der Waals surface area contributed by atoms with Crippen LogP contribution in [0.3, 0.4) is 0 Å². The van der Waals surface area contributed by atoms with Gasteiger partial charge in [-0.15, -0.1) is 0 Å². The maximum atomic E-state index is 13.2. The third-order valence-corrected chi connectivity index (χ3v) is 6.15. The second kappa shape index (κ2) is 8.55. The lowest BCUT2D eigenvalue weighted by Crippen LogP contribution is -2.31. The lowest BCUT2D eigenvalue weighted by molar-refractivity contribution is -0.116. The molecule has 2 aromatic carbocycles. The lowest BCUT2D eigenvalue weighted by atomic mass is 10.1. The molecule has 5 rings (SSSR count). The molecule has 0 atom stereocenters. The van der Waals surface area contributed by atoms with Crippen molar-refractivity contribution in [2.24, 2.45) is 0 Å². The lowest BCUT2D eigenvalue weighted by Gasteiger charge is -2.23. The molecule has 0 bridgehead atoms. The van der Waals surface area contributed by atoms with Crippen molar-refractivity contribution in [3.63, 3.8) is 0 Å². The molecule has 0 unspecified atom stereocenters. The fourth-order valence-electron chi connectivity index (χ4n) is 4.05. The number of rotatable bonds is 0. The molecule has 30 heavy (non-hydrogen) atoms.